The zero-order valence-corrected chi connectivity index (χ0v) is 13.2. The third-order valence-electron chi connectivity index (χ3n) is 3.75. The van der Waals surface area contributed by atoms with E-state index in [1.54, 1.807) is 0 Å². The molecule has 2 rings (SSSR count). The highest BCUT2D eigenvalue weighted by Gasteiger charge is 2.20. The summed E-state index contributed by atoms with van der Waals surface area (Å²) in [6.07, 6.45) is 2.62. The monoisotopic (exact) mass is 303 g/mol. The normalized spacial score (nSPS) is 18.7. The van der Waals surface area contributed by atoms with Crippen molar-refractivity contribution < 1.29 is 4.74 Å². The Bertz CT molecular complexity index is 361. The molecule has 0 aromatic heterocycles. The molecule has 0 radical (unpaired) electrons. The number of hydrogen-bond acceptors (Lipinski definition) is 2. The second-order valence-electron chi connectivity index (χ2n) is 5.33. The quantitative estimate of drug-likeness (QED) is 0.824. The Kier molecular flexibility index (Phi) is 6.98. The molecule has 108 valence electrons. The molecule has 1 fully saturated rings. The van der Waals surface area contributed by atoms with Crippen molar-refractivity contribution in [3.8, 4) is 5.75 Å². The first-order valence-corrected chi connectivity index (χ1v) is 7.15. The molecular formula is C15H23Cl2NO. The Hall–Kier alpha value is -0.440. The van der Waals surface area contributed by atoms with Gasteiger partial charge in [0.15, 0.2) is 0 Å². The van der Waals surface area contributed by atoms with Gasteiger partial charge in [-0.2, -0.15) is 0 Å². The second-order valence-corrected chi connectivity index (χ2v) is 5.77. The first kappa shape index (κ1) is 16.6. The molecule has 1 heterocycles. The highest BCUT2D eigenvalue weighted by Crippen LogP contribution is 2.19. The lowest BCUT2D eigenvalue weighted by atomic mass is 9.98. The number of halogens is 2. The molecule has 19 heavy (non-hydrogen) atoms. The van der Waals surface area contributed by atoms with Gasteiger partial charge in [-0.25, -0.2) is 0 Å². The molecule has 1 aliphatic heterocycles. The molecule has 2 nitrogen and oxygen atoms in total. The largest absolute Gasteiger partial charge is 0.492 e. The van der Waals surface area contributed by atoms with Gasteiger partial charge < -0.3 is 4.74 Å². The summed E-state index contributed by atoms with van der Waals surface area (Å²) in [6, 6.07) is 8.06. The summed E-state index contributed by atoms with van der Waals surface area (Å²) < 4.78 is 5.80. The van der Waals surface area contributed by atoms with Crippen LogP contribution in [0.3, 0.4) is 0 Å². The molecule has 1 aromatic carbocycles. The summed E-state index contributed by atoms with van der Waals surface area (Å²) in [4.78, 5) is 2.52. The highest BCUT2D eigenvalue weighted by atomic mass is 35.5. The molecule has 4 heteroatoms. The van der Waals surface area contributed by atoms with Gasteiger partial charge in [-0.3, -0.25) is 4.90 Å². The lowest BCUT2D eigenvalue weighted by Gasteiger charge is -2.34. The molecule has 0 aliphatic carbocycles. The van der Waals surface area contributed by atoms with Crippen molar-refractivity contribution in [3.05, 3.63) is 29.3 Å². The fourth-order valence-corrected chi connectivity index (χ4v) is 2.45. The maximum Gasteiger partial charge on any atom is 0.119 e. The van der Waals surface area contributed by atoms with Crippen molar-refractivity contribution in [2.75, 3.05) is 19.7 Å². The minimum atomic E-state index is 0. The fraction of sp³-hybridized carbons (Fsp3) is 0.600. The van der Waals surface area contributed by atoms with Gasteiger partial charge >= 0.3 is 0 Å². The van der Waals surface area contributed by atoms with E-state index >= 15 is 0 Å². The van der Waals surface area contributed by atoms with E-state index in [9.17, 15) is 0 Å². The van der Waals surface area contributed by atoms with Crippen LogP contribution >= 0.6 is 24.0 Å². The van der Waals surface area contributed by atoms with Crippen molar-refractivity contribution in [2.45, 2.75) is 32.7 Å². The van der Waals surface area contributed by atoms with E-state index in [4.69, 9.17) is 16.3 Å². The summed E-state index contributed by atoms with van der Waals surface area (Å²) >= 11 is 5.85. The minimum Gasteiger partial charge on any atom is -0.492 e. The zero-order chi connectivity index (χ0) is 13.0. The molecule has 1 aliphatic rings. The van der Waals surface area contributed by atoms with Crippen LogP contribution in [0.15, 0.2) is 24.3 Å². The molecular weight excluding hydrogens is 281 g/mol. The number of benzene rings is 1. The van der Waals surface area contributed by atoms with E-state index in [1.807, 2.05) is 24.3 Å². The smallest absolute Gasteiger partial charge is 0.119 e. The number of nitrogens with zero attached hydrogens (tertiary/aromatic N) is 1. The number of ether oxygens (including phenoxy) is 1. The lowest BCUT2D eigenvalue weighted by molar-refractivity contribution is 0.108. The lowest BCUT2D eigenvalue weighted by Crippen LogP contribution is -2.42. The van der Waals surface area contributed by atoms with Crippen LogP contribution in [0.4, 0.5) is 0 Å². The Morgan fingerprint density at radius 2 is 1.84 bits per heavy atom. The Morgan fingerprint density at radius 1 is 1.26 bits per heavy atom. The van der Waals surface area contributed by atoms with Crippen LogP contribution in [-0.4, -0.2) is 30.6 Å². The van der Waals surface area contributed by atoms with Crippen molar-refractivity contribution in [2.24, 2.45) is 5.92 Å². The average Bonchev–Trinajstić information content (AvgIpc) is 2.38. The molecule has 1 saturated heterocycles. The van der Waals surface area contributed by atoms with Gasteiger partial charge in [0.1, 0.15) is 12.4 Å². The Balaban J connectivity index is 0.00000180. The highest BCUT2D eigenvalue weighted by molar-refractivity contribution is 6.30. The fourth-order valence-electron chi connectivity index (χ4n) is 2.32. The van der Waals surface area contributed by atoms with Crippen LogP contribution in [-0.2, 0) is 0 Å². The van der Waals surface area contributed by atoms with Crippen LogP contribution in [0.25, 0.3) is 0 Å². The van der Waals surface area contributed by atoms with E-state index in [-0.39, 0.29) is 12.4 Å². The predicted octanol–water partition coefficient (Wildman–Crippen LogP) is 4.26. The Labute approximate surface area is 127 Å². The summed E-state index contributed by atoms with van der Waals surface area (Å²) in [5, 5.41) is 0.750. The zero-order valence-electron chi connectivity index (χ0n) is 11.6. The first-order chi connectivity index (χ1) is 8.65. The molecule has 1 aromatic rings. The maximum absolute atomic E-state index is 5.85. The Morgan fingerprint density at radius 3 is 2.42 bits per heavy atom. The maximum atomic E-state index is 5.85. The van der Waals surface area contributed by atoms with Crippen LogP contribution in [0.2, 0.25) is 5.02 Å². The number of likely N-dealkylation sites (tertiary alicyclic amines) is 1. The van der Waals surface area contributed by atoms with Gasteiger partial charge in [0.2, 0.25) is 0 Å². The van der Waals surface area contributed by atoms with E-state index in [2.05, 4.69) is 18.7 Å². The number of piperidine rings is 1. The van der Waals surface area contributed by atoms with Crippen LogP contribution in [0.5, 0.6) is 5.75 Å². The van der Waals surface area contributed by atoms with Crippen molar-refractivity contribution >= 4 is 24.0 Å². The molecule has 1 atom stereocenters. The van der Waals surface area contributed by atoms with Gasteiger partial charge in [-0.1, -0.05) is 18.5 Å². The first-order valence-electron chi connectivity index (χ1n) is 6.77. The van der Waals surface area contributed by atoms with Crippen molar-refractivity contribution in [1.82, 2.24) is 4.90 Å². The van der Waals surface area contributed by atoms with Gasteiger partial charge in [0.25, 0.3) is 0 Å². The molecule has 0 amide bonds. The van der Waals surface area contributed by atoms with Crippen LogP contribution in [0.1, 0.15) is 26.7 Å². The van der Waals surface area contributed by atoms with Gasteiger partial charge in [0, 0.05) is 11.1 Å². The van der Waals surface area contributed by atoms with Gasteiger partial charge in [0.05, 0.1) is 0 Å². The molecule has 0 spiro atoms. The van der Waals surface area contributed by atoms with E-state index < -0.39 is 0 Å². The predicted molar refractivity (Wildman–Crippen MR) is 83.6 cm³/mol. The SMILES string of the molecule is CC1CCN([C@@H](C)COc2ccc(Cl)cc2)CC1.Cl. The summed E-state index contributed by atoms with van der Waals surface area (Å²) in [6.45, 7) is 7.73. The number of rotatable bonds is 4. The van der Waals surface area contributed by atoms with Crippen LogP contribution in [0, 0.1) is 5.92 Å². The molecule has 0 unspecified atom stereocenters. The molecule has 0 bridgehead atoms. The van der Waals surface area contributed by atoms with Crippen molar-refractivity contribution in [1.29, 1.82) is 0 Å². The number of hydrogen-bond donors (Lipinski definition) is 0. The summed E-state index contributed by atoms with van der Waals surface area (Å²) in [5.74, 6) is 1.78. The van der Waals surface area contributed by atoms with E-state index in [0.29, 0.717) is 6.04 Å². The summed E-state index contributed by atoms with van der Waals surface area (Å²) in [7, 11) is 0. The van der Waals surface area contributed by atoms with E-state index in [1.165, 1.54) is 25.9 Å². The minimum absolute atomic E-state index is 0. The van der Waals surface area contributed by atoms with Crippen LogP contribution < -0.4 is 4.74 Å². The average molecular weight is 304 g/mol. The van der Waals surface area contributed by atoms with Gasteiger partial charge in [-0.15, -0.1) is 12.4 Å². The van der Waals surface area contributed by atoms with E-state index in [0.717, 1.165) is 23.3 Å². The second kappa shape index (κ2) is 7.98. The summed E-state index contributed by atoms with van der Waals surface area (Å²) in [5.41, 5.74) is 0. The van der Waals surface area contributed by atoms with Crippen molar-refractivity contribution in [3.63, 3.8) is 0 Å². The van der Waals surface area contributed by atoms with Gasteiger partial charge in [-0.05, 0) is 63.0 Å². The standard InChI is InChI=1S/C15H22ClNO.ClH/c1-12-7-9-17(10-8-12)13(2)11-18-15-5-3-14(16)4-6-15;/h3-6,12-13H,7-11H2,1-2H3;1H/t13-;/m0./s1. The third-order valence-corrected chi connectivity index (χ3v) is 4.00. The molecule has 0 saturated carbocycles. The molecule has 0 N–H and O–H groups in total. The third kappa shape index (κ3) is 5.21. The topological polar surface area (TPSA) is 12.5 Å².